The molecule has 0 aliphatic heterocycles. The van der Waals surface area contributed by atoms with Crippen LogP contribution in [0.1, 0.15) is 5.56 Å². The summed E-state index contributed by atoms with van der Waals surface area (Å²) in [6, 6.07) is 7.48. The molecular weight excluding hydrogens is 374 g/mol. The van der Waals surface area contributed by atoms with Crippen molar-refractivity contribution in [2.75, 3.05) is 17.7 Å². The zero-order chi connectivity index (χ0) is 16.3. The molecule has 0 bridgehead atoms. The van der Waals surface area contributed by atoms with Crippen LogP contribution in [0.2, 0.25) is 0 Å². The topological polar surface area (TPSA) is 33.3 Å². The molecule has 0 spiro atoms. The average molecular weight is 387 g/mol. The lowest BCUT2D eigenvalue weighted by Gasteiger charge is -2.15. The third-order valence-electron chi connectivity index (χ3n) is 2.85. The quantitative estimate of drug-likeness (QED) is 0.738. The number of anilines is 2. The summed E-state index contributed by atoms with van der Waals surface area (Å²) in [5.41, 5.74) is 1.73. The van der Waals surface area contributed by atoms with Crippen molar-refractivity contribution < 1.29 is 13.5 Å². The highest BCUT2D eigenvalue weighted by Crippen LogP contribution is 2.28. The molecule has 0 atom stereocenters. The second-order valence-electron chi connectivity index (χ2n) is 4.53. The van der Waals surface area contributed by atoms with Crippen molar-refractivity contribution >= 4 is 44.6 Å². The molecular formula is C15H13BrF2N2OS. The van der Waals surface area contributed by atoms with Crippen molar-refractivity contribution in [2.45, 2.75) is 6.92 Å². The van der Waals surface area contributed by atoms with Crippen molar-refractivity contribution in [3.05, 3.63) is 52.0 Å². The van der Waals surface area contributed by atoms with E-state index < -0.39 is 11.6 Å². The van der Waals surface area contributed by atoms with E-state index in [9.17, 15) is 8.78 Å². The van der Waals surface area contributed by atoms with Gasteiger partial charge in [-0.2, -0.15) is 0 Å². The monoisotopic (exact) mass is 386 g/mol. The molecule has 2 aromatic rings. The van der Waals surface area contributed by atoms with Crippen LogP contribution in [0.3, 0.4) is 0 Å². The first-order chi connectivity index (χ1) is 10.4. The van der Waals surface area contributed by atoms with Crippen molar-refractivity contribution in [3.8, 4) is 5.75 Å². The minimum absolute atomic E-state index is 0.0607. The molecule has 0 aliphatic carbocycles. The zero-order valence-corrected chi connectivity index (χ0v) is 14.2. The van der Waals surface area contributed by atoms with Gasteiger partial charge in [0.05, 0.1) is 18.5 Å². The molecule has 2 rings (SSSR count). The summed E-state index contributed by atoms with van der Waals surface area (Å²) in [6.07, 6.45) is 0. The molecule has 0 radical (unpaired) electrons. The van der Waals surface area contributed by atoms with Crippen LogP contribution in [0.25, 0.3) is 0 Å². The van der Waals surface area contributed by atoms with Gasteiger partial charge in [0.15, 0.2) is 10.9 Å². The standard InChI is InChI=1S/C15H13BrF2N2OS/c1-8-3-4-13(21-2)12(5-8)19-15(22)20-14-10(16)6-9(17)7-11(14)18/h3-7H,1-2H3,(H2,19,20,22). The van der Waals surface area contributed by atoms with Gasteiger partial charge >= 0.3 is 0 Å². The lowest BCUT2D eigenvalue weighted by atomic mass is 10.2. The summed E-state index contributed by atoms with van der Waals surface area (Å²) >= 11 is 8.26. The molecule has 116 valence electrons. The van der Waals surface area contributed by atoms with Crippen LogP contribution in [0, 0.1) is 18.6 Å². The van der Waals surface area contributed by atoms with Gasteiger partial charge < -0.3 is 15.4 Å². The molecule has 3 nitrogen and oxygen atoms in total. The molecule has 0 saturated heterocycles. The number of nitrogens with one attached hydrogen (secondary N) is 2. The minimum Gasteiger partial charge on any atom is -0.495 e. The number of hydrogen-bond acceptors (Lipinski definition) is 2. The number of aryl methyl sites for hydroxylation is 1. The highest BCUT2D eigenvalue weighted by Gasteiger charge is 2.12. The molecule has 0 amide bonds. The van der Waals surface area contributed by atoms with Crippen LogP contribution in [0.4, 0.5) is 20.2 Å². The Morgan fingerprint density at radius 1 is 1.18 bits per heavy atom. The van der Waals surface area contributed by atoms with Crippen molar-refractivity contribution in [1.82, 2.24) is 0 Å². The lowest BCUT2D eigenvalue weighted by Crippen LogP contribution is -2.20. The molecule has 0 aliphatic rings. The Balaban J connectivity index is 2.19. The number of ether oxygens (including phenoxy) is 1. The molecule has 0 fully saturated rings. The Morgan fingerprint density at radius 3 is 2.55 bits per heavy atom. The number of thiocarbonyl (C=S) groups is 1. The highest BCUT2D eigenvalue weighted by atomic mass is 79.9. The molecule has 0 saturated carbocycles. The summed E-state index contributed by atoms with van der Waals surface area (Å²) in [6.45, 7) is 1.93. The number of methoxy groups -OCH3 is 1. The summed E-state index contributed by atoms with van der Waals surface area (Å²) in [5, 5.41) is 5.80. The molecule has 0 heterocycles. The fourth-order valence-corrected chi connectivity index (χ4v) is 2.57. The van der Waals surface area contributed by atoms with Gasteiger partial charge in [-0.3, -0.25) is 0 Å². The summed E-state index contributed by atoms with van der Waals surface area (Å²) in [4.78, 5) is 0. The summed E-state index contributed by atoms with van der Waals surface area (Å²) in [5.74, 6) is -0.810. The first-order valence-electron chi connectivity index (χ1n) is 6.28. The minimum atomic E-state index is -0.743. The maximum absolute atomic E-state index is 13.8. The van der Waals surface area contributed by atoms with E-state index >= 15 is 0 Å². The van der Waals surface area contributed by atoms with E-state index in [4.69, 9.17) is 17.0 Å². The predicted molar refractivity (Wildman–Crippen MR) is 91.6 cm³/mol. The fourth-order valence-electron chi connectivity index (χ4n) is 1.85. The normalized spacial score (nSPS) is 10.2. The third kappa shape index (κ3) is 3.92. The molecule has 2 aromatic carbocycles. The van der Waals surface area contributed by atoms with E-state index in [0.717, 1.165) is 17.7 Å². The van der Waals surface area contributed by atoms with Crippen molar-refractivity contribution in [1.29, 1.82) is 0 Å². The predicted octanol–water partition coefficient (Wildman–Crippen LogP) is 4.85. The fraction of sp³-hybridized carbons (Fsp3) is 0.133. The maximum atomic E-state index is 13.8. The van der Waals surface area contributed by atoms with Crippen LogP contribution in [0.15, 0.2) is 34.8 Å². The van der Waals surface area contributed by atoms with Gasteiger partial charge in [-0.05, 0) is 58.8 Å². The molecule has 0 unspecified atom stereocenters. The van der Waals surface area contributed by atoms with Gasteiger partial charge in [0.1, 0.15) is 11.6 Å². The third-order valence-corrected chi connectivity index (χ3v) is 3.68. The van der Waals surface area contributed by atoms with Crippen LogP contribution >= 0.6 is 28.1 Å². The number of halogens is 3. The van der Waals surface area contributed by atoms with Gasteiger partial charge in [-0.15, -0.1) is 0 Å². The number of rotatable bonds is 3. The first-order valence-corrected chi connectivity index (χ1v) is 7.48. The summed E-state index contributed by atoms with van der Waals surface area (Å²) in [7, 11) is 1.54. The zero-order valence-electron chi connectivity index (χ0n) is 11.8. The Hall–Kier alpha value is -1.73. The smallest absolute Gasteiger partial charge is 0.175 e. The van der Waals surface area contributed by atoms with Gasteiger partial charge in [-0.1, -0.05) is 6.07 Å². The molecule has 7 heteroatoms. The van der Waals surface area contributed by atoms with E-state index in [1.807, 2.05) is 19.1 Å². The van der Waals surface area contributed by atoms with E-state index in [-0.39, 0.29) is 15.3 Å². The van der Waals surface area contributed by atoms with E-state index in [1.165, 1.54) is 0 Å². The van der Waals surface area contributed by atoms with Crippen LogP contribution in [-0.4, -0.2) is 12.2 Å². The SMILES string of the molecule is COc1ccc(C)cc1NC(=S)Nc1c(F)cc(F)cc1Br. The Labute approximate surface area is 140 Å². The lowest BCUT2D eigenvalue weighted by molar-refractivity contribution is 0.417. The Bertz CT molecular complexity index is 702. The van der Waals surface area contributed by atoms with Gasteiger partial charge in [0.25, 0.3) is 0 Å². The highest BCUT2D eigenvalue weighted by molar-refractivity contribution is 9.10. The largest absolute Gasteiger partial charge is 0.495 e. The van der Waals surface area contributed by atoms with Gasteiger partial charge in [0.2, 0.25) is 0 Å². The van der Waals surface area contributed by atoms with E-state index in [2.05, 4.69) is 26.6 Å². The van der Waals surface area contributed by atoms with Crippen LogP contribution < -0.4 is 15.4 Å². The first kappa shape index (κ1) is 16.6. The maximum Gasteiger partial charge on any atom is 0.175 e. The Kier molecular flexibility index (Phi) is 5.31. The summed E-state index contributed by atoms with van der Waals surface area (Å²) < 4.78 is 32.3. The molecule has 22 heavy (non-hydrogen) atoms. The number of benzene rings is 2. The van der Waals surface area contributed by atoms with Gasteiger partial charge in [-0.25, -0.2) is 8.78 Å². The second-order valence-corrected chi connectivity index (χ2v) is 5.79. The second kappa shape index (κ2) is 7.02. The van der Waals surface area contributed by atoms with Gasteiger partial charge in [0, 0.05) is 10.5 Å². The van der Waals surface area contributed by atoms with Crippen molar-refractivity contribution in [3.63, 3.8) is 0 Å². The number of hydrogen-bond donors (Lipinski definition) is 2. The molecule has 2 N–H and O–H groups in total. The average Bonchev–Trinajstić information content (AvgIpc) is 2.43. The van der Waals surface area contributed by atoms with Crippen LogP contribution in [-0.2, 0) is 0 Å². The Morgan fingerprint density at radius 2 is 1.91 bits per heavy atom. The van der Waals surface area contributed by atoms with Crippen LogP contribution in [0.5, 0.6) is 5.75 Å². The van der Waals surface area contributed by atoms with E-state index in [0.29, 0.717) is 11.4 Å². The van der Waals surface area contributed by atoms with E-state index in [1.54, 1.807) is 13.2 Å². The van der Waals surface area contributed by atoms with Crippen molar-refractivity contribution in [2.24, 2.45) is 0 Å². The molecule has 0 aromatic heterocycles.